The van der Waals surface area contributed by atoms with Gasteiger partial charge in [-0.05, 0) is 61.4 Å². The van der Waals surface area contributed by atoms with Crippen LogP contribution in [0.4, 0.5) is 13.2 Å². The number of alkyl halides is 3. The molecule has 0 aromatic heterocycles. The van der Waals surface area contributed by atoms with Crippen LogP contribution in [0.5, 0.6) is 11.5 Å². The zero-order valence-corrected chi connectivity index (χ0v) is 15.0. The summed E-state index contributed by atoms with van der Waals surface area (Å²) >= 11 is 1.68. The van der Waals surface area contributed by atoms with Gasteiger partial charge >= 0.3 is 6.18 Å². The molecule has 0 bridgehead atoms. The van der Waals surface area contributed by atoms with Gasteiger partial charge in [0.1, 0.15) is 11.5 Å². The van der Waals surface area contributed by atoms with Gasteiger partial charge in [-0.3, -0.25) is 0 Å². The molecular weight excluding hydrogens is 349 g/mol. The highest BCUT2D eigenvalue weighted by Crippen LogP contribution is 2.31. The SMILES string of the molecule is CCC(COc1ccc(C(F)(F)F)cc1)CSc1ccc(O)c(C)c1. The predicted molar refractivity (Wildman–Crippen MR) is 94.3 cm³/mol. The van der Waals surface area contributed by atoms with Gasteiger partial charge in [-0.1, -0.05) is 6.92 Å². The van der Waals surface area contributed by atoms with Gasteiger partial charge < -0.3 is 9.84 Å². The first-order valence-electron chi connectivity index (χ1n) is 8.02. The molecule has 0 fully saturated rings. The van der Waals surface area contributed by atoms with Gasteiger partial charge in [0.15, 0.2) is 0 Å². The lowest BCUT2D eigenvalue weighted by atomic mass is 10.1. The van der Waals surface area contributed by atoms with E-state index >= 15 is 0 Å². The average Bonchev–Trinajstić information content (AvgIpc) is 2.57. The van der Waals surface area contributed by atoms with Crippen LogP contribution in [0.15, 0.2) is 47.4 Å². The second kappa shape index (κ2) is 8.52. The van der Waals surface area contributed by atoms with Crippen LogP contribution >= 0.6 is 11.8 Å². The highest BCUT2D eigenvalue weighted by Gasteiger charge is 2.30. The number of thioether (sulfide) groups is 1. The van der Waals surface area contributed by atoms with E-state index in [1.54, 1.807) is 17.8 Å². The summed E-state index contributed by atoms with van der Waals surface area (Å²) in [6.45, 7) is 4.36. The molecule has 0 amide bonds. The second-order valence-corrected chi connectivity index (χ2v) is 6.96. The minimum absolute atomic E-state index is 0.279. The first-order chi connectivity index (χ1) is 11.8. The van der Waals surface area contributed by atoms with Gasteiger partial charge in [-0.15, -0.1) is 11.8 Å². The standard InChI is InChI=1S/C19H21F3O2S/c1-3-14(12-25-17-8-9-18(23)13(2)10-17)11-24-16-6-4-15(5-7-16)19(20,21)22/h4-10,14,23H,3,11-12H2,1-2H3. The van der Waals surface area contributed by atoms with Crippen molar-refractivity contribution >= 4 is 11.8 Å². The summed E-state index contributed by atoms with van der Waals surface area (Å²) in [5, 5.41) is 9.55. The third-order valence-corrected chi connectivity index (χ3v) is 5.12. The minimum Gasteiger partial charge on any atom is -0.508 e. The Kier molecular flexibility index (Phi) is 6.64. The summed E-state index contributed by atoms with van der Waals surface area (Å²) in [6, 6.07) is 10.3. The maximum Gasteiger partial charge on any atom is 0.416 e. The van der Waals surface area contributed by atoms with E-state index < -0.39 is 11.7 Å². The topological polar surface area (TPSA) is 29.5 Å². The Balaban J connectivity index is 1.86. The molecule has 1 N–H and O–H groups in total. The van der Waals surface area contributed by atoms with Gasteiger partial charge in [0, 0.05) is 16.6 Å². The summed E-state index contributed by atoms with van der Waals surface area (Å²) in [6.07, 6.45) is -3.42. The third kappa shape index (κ3) is 5.88. The quantitative estimate of drug-likeness (QED) is 0.614. The van der Waals surface area contributed by atoms with Gasteiger partial charge in [-0.2, -0.15) is 13.2 Å². The van der Waals surface area contributed by atoms with Crippen LogP contribution in [0, 0.1) is 12.8 Å². The van der Waals surface area contributed by atoms with Crippen LogP contribution in [0.1, 0.15) is 24.5 Å². The van der Waals surface area contributed by atoms with Crippen LogP contribution in [0.2, 0.25) is 0 Å². The molecule has 0 spiro atoms. The Labute approximate surface area is 150 Å². The van der Waals surface area contributed by atoms with Crippen molar-refractivity contribution in [2.45, 2.75) is 31.3 Å². The molecule has 0 aliphatic carbocycles. The van der Waals surface area contributed by atoms with Crippen molar-refractivity contribution in [3.8, 4) is 11.5 Å². The fourth-order valence-electron chi connectivity index (χ4n) is 2.17. The van der Waals surface area contributed by atoms with E-state index in [9.17, 15) is 18.3 Å². The van der Waals surface area contributed by atoms with Crippen molar-refractivity contribution in [2.75, 3.05) is 12.4 Å². The Morgan fingerprint density at radius 1 is 1.12 bits per heavy atom. The number of rotatable bonds is 7. The molecule has 136 valence electrons. The average molecular weight is 370 g/mol. The summed E-state index contributed by atoms with van der Waals surface area (Å²) in [4.78, 5) is 1.07. The molecule has 2 rings (SSSR count). The molecule has 1 atom stereocenters. The summed E-state index contributed by atoms with van der Waals surface area (Å²) in [7, 11) is 0. The number of phenols is 1. The molecular formula is C19H21F3O2S. The fraction of sp³-hybridized carbons (Fsp3) is 0.368. The normalized spacial score (nSPS) is 12.8. The van der Waals surface area contributed by atoms with Crippen LogP contribution in [-0.2, 0) is 6.18 Å². The third-order valence-electron chi connectivity index (χ3n) is 3.90. The maximum atomic E-state index is 12.5. The molecule has 25 heavy (non-hydrogen) atoms. The molecule has 1 unspecified atom stereocenters. The first kappa shape index (κ1) is 19.5. The lowest BCUT2D eigenvalue weighted by Crippen LogP contribution is -2.14. The van der Waals surface area contributed by atoms with Crippen molar-refractivity contribution in [3.63, 3.8) is 0 Å². The zero-order chi connectivity index (χ0) is 18.4. The highest BCUT2D eigenvalue weighted by molar-refractivity contribution is 7.99. The van der Waals surface area contributed by atoms with Crippen molar-refractivity contribution in [3.05, 3.63) is 53.6 Å². The number of aromatic hydroxyl groups is 1. The molecule has 2 aromatic carbocycles. The molecule has 2 nitrogen and oxygen atoms in total. The van der Waals surface area contributed by atoms with E-state index in [-0.39, 0.29) is 11.7 Å². The number of phenolic OH excluding ortho intramolecular Hbond substituents is 1. The van der Waals surface area contributed by atoms with Gasteiger partial charge in [-0.25, -0.2) is 0 Å². The molecule has 0 radical (unpaired) electrons. The lowest BCUT2D eigenvalue weighted by Gasteiger charge is -2.16. The van der Waals surface area contributed by atoms with E-state index in [0.29, 0.717) is 12.4 Å². The molecule has 0 aliphatic heterocycles. The van der Waals surface area contributed by atoms with Crippen LogP contribution in [-0.4, -0.2) is 17.5 Å². The van der Waals surface area contributed by atoms with E-state index in [2.05, 4.69) is 6.92 Å². The highest BCUT2D eigenvalue weighted by atomic mass is 32.2. The Morgan fingerprint density at radius 3 is 2.36 bits per heavy atom. The fourth-order valence-corrected chi connectivity index (χ4v) is 3.35. The Hall–Kier alpha value is -1.82. The van der Waals surface area contributed by atoms with Gasteiger partial charge in [0.05, 0.1) is 12.2 Å². The van der Waals surface area contributed by atoms with Crippen molar-refractivity contribution < 1.29 is 23.0 Å². The molecule has 0 heterocycles. The molecule has 0 saturated carbocycles. The van der Waals surface area contributed by atoms with E-state index in [4.69, 9.17) is 4.74 Å². The second-order valence-electron chi connectivity index (χ2n) is 5.87. The summed E-state index contributed by atoms with van der Waals surface area (Å²) in [5.41, 5.74) is 0.157. The molecule has 0 saturated heterocycles. The van der Waals surface area contributed by atoms with E-state index in [1.807, 2.05) is 19.1 Å². The molecule has 6 heteroatoms. The van der Waals surface area contributed by atoms with E-state index in [1.165, 1.54) is 12.1 Å². The van der Waals surface area contributed by atoms with E-state index in [0.717, 1.165) is 34.8 Å². The number of halogens is 3. The maximum absolute atomic E-state index is 12.5. The predicted octanol–water partition coefficient (Wildman–Crippen LogP) is 5.92. The number of hydrogen-bond acceptors (Lipinski definition) is 3. The molecule has 2 aromatic rings. The smallest absolute Gasteiger partial charge is 0.416 e. The lowest BCUT2D eigenvalue weighted by molar-refractivity contribution is -0.137. The molecule has 0 aliphatic rings. The van der Waals surface area contributed by atoms with Crippen LogP contribution in [0.3, 0.4) is 0 Å². The largest absolute Gasteiger partial charge is 0.508 e. The first-order valence-corrected chi connectivity index (χ1v) is 9.00. The monoisotopic (exact) mass is 370 g/mol. The van der Waals surface area contributed by atoms with Crippen molar-refractivity contribution in [1.29, 1.82) is 0 Å². The summed E-state index contributed by atoms with van der Waals surface area (Å²) < 4.78 is 43.3. The number of aryl methyl sites for hydroxylation is 1. The van der Waals surface area contributed by atoms with Crippen LogP contribution in [0.25, 0.3) is 0 Å². The minimum atomic E-state index is -4.33. The Bertz CT molecular complexity index is 684. The van der Waals surface area contributed by atoms with Crippen molar-refractivity contribution in [2.24, 2.45) is 5.92 Å². The number of hydrogen-bond donors (Lipinski definition) is 1. The number of benzene rings is 2. The zero-order valence-electron chi connectivity index (χ0n) is 14.1. The van der Waals surface area contributed by atoms with Gasteiger partial charge in [0.25, 0.3) is 0 Å². The Morgan fingerprint density at radius 2 is 1.80 bits per heavy atom. The van der Waals surface area contributed by atoms with Crippen LogP contribution < -0.4 is 4.74 Å². The van der Waals surface area contributed by atoms with Crippen molar-refractivity contribution in [1.82, 2.24) is 0 Å². The summed E-state index contributed by atoms with van der Waals surface area (Å²) in [5.74, 6) is 1.84. The number of ether oxygens (including phenoxy) is 1. The van der Waals surface area contributed by atoms with Gasteiger partial charge in [0.2, 0.25) is 0 Å².